The SMILES string of the molecule is Cc1cnc(N2CCC(CCCOc3ccc(CC=O)cc3)CC2)nc1. The Morgan fingerprint density at radius 1 is 1.15 bits per heavy atom. The fourth-order valence-electron chi connectivity index (χ4n) is 3.35. The van der Waals surface area contributed by atoms with Gasteiger partial charge in [-0.15, -0.1) is 0 Å². The van der Waals surface area contributed by atoms with Crippen molar-refractivity contribution < 1.29 is 9.53 Å². The fraction of sp³-hybridized carbons (Fsp3) is 0.476. The lowest BCUT2D eigenvalue weighted by atomic mass is 9.92. The molecule has 1 saturated heterocycles. The summed E-state index contributed by atoms with van der Waals surface area (Å²) in [5.74, 6) is 2.50. The van der Waals surface area contributed by atoms with E-state index in [0.29, 0.717) is 6.42 Å². The van der Waals surface area contributed by atoms with E-state index in [-0.39, 0.29) is 0 Å². The largest absolute Gasteiger partial charge is 0.494 e. The van der Waals surface area contributed by atoms with Crippen LogP contribution >= 0.6 is 0 Å². The molecule has 0 amide bonds. The van der Waals surface area contributed by atoms with Gasteiger partial charge < -0.3 is 14.4 Å². The maximum Gasteiger partial charge on any atom is 0.225 e. The minimum absolute atomic E-state index is 0.465. The highest BCUT2D eigenvalue weighted by Crippen LogP contribution is 2.24. The molecule has 0 unspecified atom stereocenters. The molecule has 0 bridgehead atoms. The first-order valence-electron chi connectivity index (χ1n) is 9.43. The molecule has 1 aromatic carbocycles. The quantitative estimate of drug-likeness (QED) is 0.536. The number of aldehydes is 1. The number of aryl methyl sites for hydroxylation is 1. The first-order chi connectivity index (χ1) is 12.7. The van der Waals surface area contributed by atoms with Gasteiger partial charge in [0.15, 0.2) is 0 Å². The van der Waals surface area contributed by atoms with E-state index in [1.165, 1.54) is 19.3 Å². The van der Waals surface area contributed by atoms with Crippen molar-refractivity contribution in [2.75, 3.05) is 24.6 Å². The predicted octanol–water partition coefficient (Wildman–Crippen LogP) is 3.60. The lowest BCUT2D eigenvalue weighted by Crippen LogP contribution is -2.34. The van der Waals surface area contributed by atoms with Crippen molar-refractivity contribution in [3.8, 4) is 5.75 Å². The number of hydrogen-bond donors (Lipinski definition) is 0. The molecule has 0 radical (unpaired) electrons. The van der Waals surface area contributed by atoms with Gasteiger partial charge in [0, 0.05) is 31.9 Å². The van der Waals surface area contributed by atoms with Crippen molar-refractivity contribution in [2.45, 2.75) is 39.0 Å². The second-order valence-corrected chi connectivity index (χ2v) is 7.00. The number of anilines is 1. The topological polar surface area (TPSA) is 55.3 Å². The molecule has 0 aliphatic carbocycles. The summed E-state index contributed by atoms with van der Waals surface area (Å²) >= 11 is 0. The van der Waals surface area contributed by atoms with Crippen LogP contribution in [0.4, 0.5) is 5.95 Å². The van der Waals surface area contributed by atoms with Crippen LogP contribution in [0.5, 0.6) is 5.75 Å². The number of nitrogens with zero attached hydrogens (tertiary/aromatic N) is 3. The Kier molecular flexibility index (Phi) is 6.58. The van der Waals surface area contributed by atoms with Crippen molar-refractivity contribution in [2.24, 2.45) is 5.92 Å². The van der Waals surface area contributed by atoms with Crippen molar-refractivity contribution in [1.82, 2.24) is 9.97 Å². The molecular weight excluding hydrogens is 326 g/mol. The molecule has 1 aromatic heterocycles. The third-order valence-electron chi connectivity index (χ3n) is 4.93. The lowest BCUT2D eigenvalue weighted by molar-refractivity contribution is -0.107. The van der Waals surface area contributed by atoms with E-state index in [4.69, 9.17) is 4.74 Å². The summed E-state index contributed by atoms with van der Waals surface area (Å²) in [6, 6.07) is 7.79. The molecule has 0 N–H and O–H groups in total. The van der Waals surface area contributed by atoms with Gasteiger partial charge in [-0.3, -0.25) is 0 Å². The average Bonchev–Trinajstić information content (AvgIpc) is 2.68. The summed E-state index contributed by atoms with van der Waals surface area (Å²) in [6.45, 7) is 4.82. The lowest BCUT2D eigenvalue weighted by Gasteiger charge is -2.32. The number of rotatable bonds is 8. The molecule has 138 valence electrons. The summed E-state index contributed by atoms with van der Waals surface area (Å²) in [6.07, 6.45) is 9.82. The highest BCUT2D eigenvalue weighted by molar-refractivity contribution is 5.55. The van der Waals surface area contributed by atoms with Gasteiger partial charge in [-0.05, 0) is 61.8 Å². The summed E-state index contributed by atoms with van der Waals surface area (Å²) < 4.78 is 5.81. The maximum atomic E-state index is 10.5. The number of ether oxygens (including phenoxy) is 1. The molecule has 0 atom stereocenters. The van der Waals surface area contributed by atoms with E-state index in [1.54, 1.807) is 0 Å². The van der Waals surface area contributed by atoms with Crippen LogP contribution in [0.3, 0.4) is 0 Å². The number of carbonyl (C=O) groups excluding carboxylic acids is 1. The van der Waals surface area contributed by atoms with E-state index in [9.17, 15) is 4.79 Å². The van der Waals surface area contributed by atoms with Crippen LogP contribution in [-0.2, 0) is 11.2 Å². The maximum absolute atomic E-state index is 10.5. The Morgan fingerprint density at radius 3 is 2.50 bits per heavy atom. The van der Waals surface area contributed by atoms with Gasteiger partial charge in [0.2, 0.25) is 5.95 Å². The Labute approximate surface area is 155 Å². The third kappa shape index (κ3) is 5.28. The van der Waals surface area contributed by atoms with Gasteiger partial charge in [-0.2, -0.15) is 0 Å². The molecule has 5 nitrogen and oxygen atoms in total. The van der Waals surface area contributed by atoms with Crippen LogP contribution in [0.1, 0.15) is 36.8 Å². The molecule has 5 heteroatoms. The summed E-state index contributed by atoms with van der Waals surface area (Å²) in [5.41, 5.74) is 2.12. The molecule has 1 aliphatic heterocycles. The van der Waals surface area contributed by atoms with Crippen LogP contribution in [0.15, 0.2) is 36.7 Å². The zero-order chi connectivity index (χ0) is 18.2. The zero-order valence-corrected chi connectivity index (χ0v) is 15.4. The highest BCUT2D eigenvalue weighted by Gasteiger charge is 2.20. The second kappa shape index (κ2) is 9.32. The van der Waals surface area contributed by atoms with Gasteiger partial charge in [-0.1, -0.05) is 12.1 Å². The molecule has 3 rings (SSSR count). The van der Waals surface area contributed by atoms with Gasteiger partial charge >= 0.3 is 0 Å². The second-order valence-electron chi connectivity index (χ2n) is 7.00. The highest BCUT2D eigenvalue weighted by atomic mass is 16.5. The standard InChI is InChI=1S/C21H27N3O2/c1-17-15-22-21(23-16-17)24-11-8-18(9-12-24)3-2-14-26-20-6-4-19(5-7-20)10-13-25/h4-7,13,15-16,18H,2-3,8-12,14H2,1H3. The first kappa shape index (κ1) is 18.4. The molecule has 1 aliphatic rings. The smallest absolute Gasteiger partial charge is 0.225 e. The van der Waals surface area contributed by atoms with Crippen LogP contribution < -0.4 is 9.64 Å². The predicted molar refractivity (Wildman–Crippen MR) is 103 cm³/mol. The average molecular weight is 353 g/mol. The third-order valence-corrected chi connectivity index (χ3v) is 4.93. The Balaban J connectivity index is 1.33. The van der Waals surface area contributed by atoms with Crippen LogP contribution in [-0.4, -0.2) is 36.0 Å². The van der Waals surface area contributed by atoms with Crippen molar-refractivity contribution in [1.29, 1.82) is 0 Å². The molecule has 0 spiro atoms. The van der Waals surface area contributed by atoms with Crippen LogP contribution in [0.2, 0.25) is 0 Å². The number of benzene rings is 1. The zero-order valence-electron chi connectivity index (χ0n) is 15.4. The number of hydrogen-bond acceptors (Lipinski definition) is 5. The van der Waals surface area contributed by atoms with Crippen molar-refractivity contribution in [3.63, 3.8) is 0 Å². The van der Waals surface area contributed by atoms with E-state index in [1.807, 2.05) is 43.6 Å². The fourth-order valence-corrected chi connectivity index (χ4v) is 3.35. The van der Waals surface area contributed by atoms with E-state index < -0.39 is 0 Å². The van der Waals surface area contributed by atoms with Gasteiger partial charge in [0.25, 0.3) is 0 Å². The van der Waals surface area contributed by atoms with Gasteiger partial charge in [0.1, 0.15) is 12.0 Å². The van der Waals surface area contributed by atoms with Gasteiger partial charge in [0.05, 0.1) is 6.61 Å². The Hall–Kier alpha value is -2.43. The normalized spacial score (nSPS) is 15.0. The van der Waals surface area contributed by atoms with Crippen LogP contribution in [0, 0.1) is 12.8 Å². The number of carbonyl (C=O) groups is 1. The molecular formula is C21H27N3O2. The summed E-state index contributed by atoms with van der Waals surface area (Å²) in [5, 5.41) is 0. The minimum atomic E-state index is 0.465. The molecule has 1 fully saturated rings. The van der Waals surface area contributed by atoms with Crippen molar-refractivity contribution >= 4 is 12.2 Å². The molecule has 2 aromatic rings. The molecule has 2 heterocycles. The van der Waals surface area contributed by atoms with Crippen LogP contribution in [0.25, 0.3) is 0 Å². The summed E-state index contributed by atoms with van der Waals surface area (Å²) in [7, 11) is 0. The number of aromatic nitrogens is 2. The Bertz CT molecular complexity index is 677. The van der Waals surface area contributed by atoms with Crippen molar-refractivity contribution in [3.05, 3.63) is 47.8 Å². The number of piperidine rings is 1. The summed E-state index contributed by atoms with van der Waals surface area (Å²) in [4.78, 5) is 21.6. The minimum Gasteiger partial charge on any atom is -0.494 e. The van der Waals surface area contributed by atoms with E-state index >= 15 is 0 Å². The molecule has 26 heavy (non-hydrogen) atoms. The van der Waals surface area contributed by atoms with E-state index in [0.717, 1.165) is 61.1 Å². The van der Waals surface area contributed by atoms with E-state index in [2.05, 4.69) is 14.9 Å². The molecule has 0 saturated carbocycles. The first-order valence-corrected chi connectivity index (χ1v) is 9.43. The monoisotopic (exact) mass is 353 g/mol. The Morgan fingerprint density at radius 2 is 1.85 bits per heavy atom. The van der Waals surface area contributed by atoms with Gasteiger partial charge in [-0.25, -0.2) is 9.97 Å².